The summed E-state index contributed by atoms with van der Waals surface area (Å²) in [5, 5.41) is 82.2. The number of aromatic amines is 1. The number of aliphatic hydroxyl groups is 2. The Balaban J connectivity index is 0.854. The number of imidazole rings is 1. The zero-order valence-corrected chi connectivity index (χ0v) is 66.3. The van der Waals surface area contributed by atoms with Gasteiger partial charge < -0.3 is 100 Å². The Morgan fingerprint density at radius 2 is 1.31 bits per heavy atom. The monoisotopic (exact) mass is 1660 g/mol. The highest BCUT2D eigenvalue weighted by atomic mass is 32.3. The zero-order chi connectivity index (χ0) is 82.4. The Morgan fingerprint density at radius 3 is 1.90 bits per heavy atom. The fraction of sp³-hybridized carbons (Fsp3) is 0.652. The van der Waals surface area contributed by atoms with Gasteiger partial charge in [0.25, 0.3) is 5.91 Å². The lowest BCUT2D eigenvalue weighted by Crippen LogP contribution is -2.65. The molecule has 2 aromatic heterocycles. The van der Waals surface area contributed by atoms with Crippen LogP contribution in [0.2, 0.25) is 0 Å². The van der Waals surface area contributed by atoms with E-state index in [9.17, 15) is 85.6 Å². The molecule has 41 nitrogen and oxygen atoms in total. The SMILES string of the molecule is CCN1CCN(CC(=O)O)CCN(CC(=O)N[C@H](CCC(=O)NCCOC2CC(CO)C(CSOOO)S(=O)(O)(O)C2O)C(=O)NCCCOCCOCCOCCCNC(=O)CCCOc2cc(C)c(S(=O)(=O)N[C@@H](CNC(=O)c3ccc4c(cnn4CCCNc4ncc[nH]4)c3)C(=O)O)c(C)c2)CCN(CC(=O)O)CC1. The highest BCUT2D eigenvalue weighted by molar-refractivity contribution is 8.12. The van der Waals surface area contributed by atoms with Gasteiger partial charge in [-0.15, -0.1) is 4.33 Å². The lowest BCUT2D eigenvalue weighted by Gasteiger charge is -2.51. The molecule has 6 rings (SSSR count). The molecule has 2 aliphatic heterocycles. The topological polar surface area (TPSA) is 558 Å². The van der Waals surface area contributed by atoms with E-state index < -0.39 is 115 Å². The minimum atomic E-state index is -5.92. The van der Waals surface area contributed by atoms with E-state index in [1.807, 2.05) is 6.92 Å². The molecule has 0 radical (unpaired) electrons. The summed E-state index contributed by atoms with van der Waals surface area (Å²) in [7, 11) is -10.3. The van der Waals surface area contributed by atoms with Crippen molar-refractivity contribution in [2.45, 2.75) is 112 Å². The van der Waals surface area contributed by atoms with Crippen LogP contribution in [0.25, 0.3) is 10.9 Å². The smallest absolute Gasteiger partial charge is 0.323 e. The van der Waals surface area contributed by atoms with Gasteiger partial charge in [-0.1, -0.05) is 12.0 Å². The molecular formula is C69H111N15O26S3. The Morgan fingerprint density at radius 1 is 0.708 bits per heavy atom. The number of carbonyl (C=O) groups excluding carboxylic acids is 5. The first-order valence-electron chi connectivity index (χ1n) is 37.3. The molecule has 6 atom stereocenters. The van der Waals surface area contributed by atoms with Gasteiger partial charge in [0.05, 0.1) is 87.2 Å². The molecular weight excluding hydrogens is 1550 g/mol. The Labute approximate surface area is 659 Å². The van der Waals surface area contributed by atoms with Crippen LogP contribution in [0.3, 0.4) is 0 Å². The van der Waals surface area contributed by atoms with Crippen molar-refractivity contribution in [1.29, 1.82) is 0 Å². The number of benzene rings is 2. The van der Waals surface area contributed by atoms with Crippen molar-refractivity contribution in [3.63, 3.8) is 0 Å². The first-order chi connectivity index (χ1) is 54.0. The normalized spacial score (nSPS) is 19.0. The predicted octanol–water partition coefficient (Wildman–Crippen LogP) is -1.03. The molecule has 2 aromatic carbocycles. The van der Waals surface area contributed by atoms with Crippen LogP contribution < -0.4 is 41.4 Å². The molecule has 0 bridgehead atoms. The molecule has 2 aliphatic rings. The average molecular weight is 1660 g/mol. The Kier molecular flexibility index (Phi) is 40.5. The second kappa shape index (κ2) is 48.6. The van der Waals surface area contributed by atoms with Gasteiger partial charge in [0.2, 0.25) is 33.7 Å². The minimum absolute atomic E-state index is 0.104. The third-order valence-corrected chi connectivity index (χ3v) is 24.1. The van der Waals surface area contributed by atoms with E-state index >= 15 is 0 Å². The number of aliphatic carboxylic acids is 3. The van der Waals surface area contributed by atoms with Gasteiger partial charge in [0.15, 0.2) is 11.4 Å². The van der Waals surface area contributed by atoms with E-state index in [1.54, 1.807) is 56.2 Å². The number of aliphatic hydroxyl groups excluding tert-OH is 2. The van der Waals surface area contributed by atoms with Crippen LogP contribution in [0.1, 0.15) is 79.8 Å². The summed E-state index contributed by atoms with van der Waals surface area (Å²) in [6, 6.07) is 4.96. The van der Waals surface area contributed by atoms with Crippen LogP contribution in [0.15, 0.2) is 53.8 Å². The van der Waals surface area contributed by atoms with Gasteiger partial charge in [-0.05, 0) is 100 Å². The predicted molar refractivity (Wildman–Crippen MR) is 410 cm³/mol. The Bertz CT molecular complexity index is 3790. The fourth-order valence-corrected chi connectivity index (χ4v) is 18.0. The van der Waals surface area contributed by atoms with Crippen LogP contribution in [-0.2, 0) is 88.1 Å². The summed E-state index contributed by atoms with van der Waals surface area (Å²) in [5.74, 6) is -6.77. The van der Waals surface area contributed by atoms with Crippen molar-refractivity contribution in [1.82, 2.24) is 70.7 Å². The molecule has 16 N–H and O–H groups in total. The second-order valence-corrected chi connectivity index (χ2v) is 32.5. The summed E-state index contributed by atoms with van der Waals surface area (Å²) in [4.78, 5) is 117. The van der Waals surface area contributed by atoms with Gasteiger partial charge in [-0.3, -0.25) is 57.7 Å². The summed E-state index contributed by atoms with van der Waals surface area (Å²) in [6.07, 6.45) is 4.91. The molecule has 44 heteroatoms. The molecule has 0 aliphatic carbocycles. The number of carboxylic acid groups (broad SMARTS) is 3. The van der Waals surface area contributed by atoms with Crippen LogP contribution >= 0.6 is 12.0 Å². The molecule has 5 amide bonds. The number of H-pyrrole nitrogens is 1. The number of sulfonamides is 1. The number of ether oxygens (including phenoxy) is 5. The third kappa shape index (κ3) is 32.8. The molecule has 4 aromatic rings. The molecule has 4 heterocycles. The highest BCUT2D eigenvalue weighted by Gasteiger charge is 2.58. The number of amides is 5. The lowest BCUT2D eigenvalue weighted by molar-refractivity contribution is -0.432. The number of carbonyl (C=O) groups is 8. The van der Waals surface area contributed by atoms with E-state index in [4.69, 9.17) is 28.9 Å². The van der Waals surface area contributed by atoms with Crippen LogP contribution in [-0.4, -0.2) is 345 Å². The van der Waals surface area contributed by atoms with Crippen molar-refractivity contribution in [3.8, 4) is 5.75 Å². The fourth-order valence-electron chi connectivity index (χ4n) is 12.7. The average Bonchev–Trinajstić information content (AvgIpc) is 1.61. The van der Waals surface area contributed by atoms with Crippen molar-refractivity contribution < 1.29 is 124 Å². The van der Waals surface area contributed by atoms with Crippen molar-refractivity contribution >= 4 is 96.0 Å². The molecule has 4 unspecified atom stereocenters. The Hall–Kier alpha value is -7.71. The summed E-state index contributed by atoms with van der Waals surface area (Å²) in [5.41, 5.74) is -0.758. The van der Waals surface area contributed by atoms with Crippen molar-refractivity contribution in [2.24, 2.45) is 5.92 Å². The van der Waals surface area contributed by atoms with Crippen LogP contribution in [0.4, 0.5) is 5.95 Å². The molecule has 113 heavy (non-hydrogen) atoms. The van der Waals surface area contributed by atoms with Crippen LogP contribution in [0, 0.1) is 19.8 Å². The second-order valence-electron chi connectivity index (χ2n) is 27.1. The van der Waals surface area contributed by atoms with E-state index in [0.29, 0.717) is 107 Å². The zero-order valence-electron chi connectivity index (χ0n) is 63.8. The maximum Gasteiger partial charge on any atom is 0.323 e. The number of hydrogen-bond acceptors (Lipinski definition) is 29. The first-order valence-corrected chi connectivity index (χ1v) is 41.7. The molecule has 2 fully saturated rings. The van der Waals surface area contributed by atoms with E-state index in [0.717, 1.165) is 11.9 Å². The maximum atomic E-state index is 13.9. The van der Waals surface area contributed by atoms with E-state index in [1.165, 1.54) is 26.0 Å². The number of likely N-dealkylation sites (N-methyl/N-ethyl adjacent to an activating group) is 1. The number of aryl methyl sites for hydroxylation is 3. The summed E-state index contributed by atoms with van der Waals surface area (Å²) < 4.78 is 99.0. The first kappa shape index (κ1) is 94.1. The summed E-state index contributed by atoms with van der Waals surface area (Å²) in [6.45, 7) is 9.25. The van der Waals surface area contributed by atoms with Gasteiger partial charge >= 0.3 is 17.9 Å². The maximum absolute atomic E-state index is 13.9. The number of nitrogens with one attached hydrogen (secondary N) is 8. The highest BCUT2D eigenvalue weighted by Crippen LogP contribution is 2.44. The standard InChI is InChI=1S/C69H111N15O26S3/c1-4-80-21-23-82(44-62(89)90)27-25-81(26-28-83(24-22-80)45-63(91)92)43-61(88)78-54(11-13-60(87)71-19-32-108-57-40-52(46-85)58(47-111-110-109-98)113(101,102,103)68(57)97)66(94)72-16-8-30-105-34-36-106-35-33-104-29-7-15-70-59(86)9-5-31-107-53-37-48(2)64(49(3)38-53)112(99,100)79-55(67(95)96)42-76-65(93)50-10-12-56-51(39-50)41-77-84(56)20-6-14-73-69-74-17-18-75-69/h10,12,17-18,37-39,41,52,54-55,57-58,68,79,85,97-98H,4-9,11,13-16,19-36,40,42-47H2,1-3H3,(H,70,86)(H,71,87)(H,72,94)(H,76,93)(H,78,88)(H,89,90)(H,91,92)(H,95,96)(H2,73,74,75)(H2,101,102,103)/t52?,54-,55+,57?,58?,68?/m1/s1. The van der Waals surface area contributed by atoms with Gasteiger partial charge in [-0.2, -0.15) is 9.82 Å². The lowest BCUT2D eigenvalue weighted by atomic mass is 9.98. The van der Waals surface area contributed by atoms with Crippen LogP contribution in [0.5, 0.6) is 5.75 Å². The number of fused-ring (bicyclic) bond motifs is 1. The number of rotatable bonds is 52. The molecule has 636 valence electrons. The van der Waals surface area contributed by atoms with Gasteiger partial charge in [0.1, 0.15) is 27.5 Å². The number of carboxylic acids is 3. The summed E-state index contributed by atoms with van der Waals surface area (Å²) >= 11 is 0.350. The van der Waals surface area contributed by atoms with Crippen molar-refractivity contribution in [2.75, 3.05) is 182 Å². The number of nitrogens with zero attached hydrogens (tertiary/aromatic N) is 7. The van der Waals surface area contributed by atoms with E-state index in [-0.39, 0.29) is 158 Å². The number of anilines is 1. The minimum Gasteiger partial charge on any atom is -0.494 e. The number of hydrogen-bond donors (Lipinski definition) is 16. The molecule has 0 spiro atoms. The van der Waals surface area contributed by atoms with Gasteiger partial charge in [-0.25, -0.2) is 22.9 Å². The third-order valence-electron chi connectivity index (χ3n) is 18.6. The van der Waals surface area contributed by atoms with E-state index in [2.05, 4.69) is 66.0 Å². The quantitative estimate of drug-likeness (QED) is 0.0109. The number of aromatic nitrogens is 4. The molecule has 0 saturated carbocycles. The van der Waals surface area contributed by atoms with Gasteiger partial charge in [0, 0.05) is 171 Å². The molecule has 2 saturated heterocycles. The largest absolute Gasteiger partial charge is 0.494 e. The van der Waals surface area contributed by atoms with Crippen molar-refractivity contribution in [3.05, 3.63) is 65.6 Å².